The van der Waals surface area contributed by atoms with Gasteiger partial charge in [0, 0.05) is 32.4 Å². The first-order valence-corrected chi connectivity index (χ1v) is 5.96. The van der Waals surface area contributed by atoms with Crippen molar-refractivity contribution in [3.05, 3.63) is 53.1 Å². The maximum absolute atomic E-state index is 13.7. The molecule has 0 fully saturated rings. The summed E-state index contributed by atoms with van der Waals surface area (Å²) in [5, 5.41) is 4.04. The summed E-state index contributed by atoms with van der Waals surface area (Å²) in [6, 6.07) is 4.62. The predicted molar refractivity (Wildman–Crippen MR) is 70.1 cm³/mol. The maximum atomic E-state index is 13.7. The Kier molecular flexibility index (Phi) is 3.64. The molecule has 1 aromatic carbocycles. The van der Waals surface area contributed by atoms with Crippen LogP contribution in [0.25, 0.3) is 0 Å². The molecule has 1 heterocycles. The summed E-state index contributed by atoms with van der Waals surface area (Å²) in [5.74, 6) is -0.815. The zero-order valence-electron chi connectivity index (χ0n) is 11.2. The highest BCUT2D eigenvalue weighted by molar-refractivity contribution is 5.94. The van der Waals surface area contributed by atoms with E-state index in [1.54, 1.807) is 30.9 Å². The Morgan fingerprint density at radius 1 is 1.47 bits per heavy atom. The fourth-order valence-corrected chi connectivity index (χ4v) is 1.90. The standard InChI is InChI=1S/C14H16FN3O/c1-10-4-5-12(13(15)6-10)14(19)17(2)8-11-7-16-18(3)9-11/h4-7,9H,8H2,1-3H3. The predicted octanol–water partition coefficient (Wildman–Crippen LogP) is 2.14. The number of hydrogen-bond donors (Lipinski definition) is 0. The summed E-state index contributed by atoms with van der Waals surface area (Å²) in [7, 11) is 3.46. The molecule has 0 unspecified atom stereocenters. The van der Waals surface area contributed by atoms with E-state index in [1.807, 2.05) is 13.2 Å². The quantitative estimate of drug-likeness (QED) is 0.849. The molecule has 4 nitrogen and oxygen atoms in total. The molecular formula is C14H16FN3O. The highest BCUT2D eigenvalue weighted by Crippen LogP contribution is 2.13. The fraction of sp³-hybridized carbons (Fsp3) is 0.286. The molecule has 100 valence electrons. The lowest BCUT2D eigenvalue weighted by Gasteiger charge is -2.16. The molecule has 2 aromatic rings. The number of nitrogens with zero attached hydrogens (tertiary/aromatic N) is 3. The molecule has 0 spiro atoms. The van der Waals surface area contributed by atoms with Crippen LogP contribution in [0, 0.1) is 12.7 Å². The Bertz CT molecular complexity index is 606. The summed E-state index contributed by atoms with van der Waals surface area (Å²) < 4.78 is 15.4. The average molecular weight is 261 g/mol. The molecule has 19 heavy (non-hydrogen) atoms. The van der Waals surface area contributed by atoms with Crippen LogP contribution in [0.5, 0.6) is 0 Å². The number of carbonyl (C=O) groups excluding carboxylic acids is 1. The topological polar surface area (TPSA) is 38.1 Å². The first kappa shape index (κ1) is 13.3. The first-order valence-electron chi connectivity index (χ1n) is 5.96. The molecule has 0 atom stereocenters. The number of benzene rings is 1. The van der Waals surface area contributed by atoms with Gasteiger partial charge in [-0.1, -0.05) is 6.07 Å². The van der Waals surface area contributed by atoms with Gasteiger partial charge in [-0.05, 0) is 24.6 Å². The van der Waals surface area contributed by atoms with Crippen LogP contribution in [0.15, 0.2) is 30.6 Å². The van der Waals surface area contributed by atoms with E-state index in [-0.39, 0.29) is 11.5 Å². The molecule has 1 amide bonds. The van der Waals surface area contributed by atoms with Gasteiger partial charge in [0.2, 0.25) is 0 Å². The highest BCUT2D eigenvalue weighted by Gasteiger charge is 2.16. The molecule has 0 N–H and O–H groups in total. The van der Waals surface area contributed by atoms with Crippen molar-refractivity contribution in [3.8, 4) is 0 Å². The molecular weight excluding hydrogens is 245 g/mol. The Balaban J connectivity index is 2.14. The number of carbonyl (C=O) groups is 1. The number of hydrogen-bond acceptors (Lipinski definition) is 2. The molecule has 0 aliphatic carbocycles. The van der Waals surface area contributed by atoms with E-state index >= 15 is 0 Å². The van der Waals surface area contributed by atoms with E-state index in [9.17, 15) is 9.18 Å². The fourth-order valence-electron chi connectivity index (χ4n) is 1.90. The summed E-state index contributed by atoms with van der Waals surface area (Å²) in [5.41, 5.74) is 1.80. The summed E-state index contributed by atoms with van der Waals surface area (Å²) >= 11 is 0. The van der Waals surface area contributed by atoms with Gasteiger partial charge in [0.25, 0.3) is 5.91 Å². The summed E-state index contributed by atoms with van der Waals surface area (Å²) in [6.45, 7) is 2.19. The van der Waals surface area contributed by atoms with Crippen molar-refractivity contribution in [1.82, 2.24) is 14.7 Å². The largest absolute Gasteiger partial charge is 0.337 e. The lowest BCUT2D eigenvalue weighted by Crippen LogP contribution is -2.26. The van der Waals surface area contributed by atoms with Gasteiger partial charge >= 0.3 is 0 Å². The van der Waals surface area contributed by atoms with Crippen molar-refractivity contribution in [2.24, 2.45) is 7.05 Å². The first-order chi connectivity index (χ1) is 8.97. The lowest BCUT2D eigenvalue weighted by atomic mass is 10.1. The van der Waals surface area contributed by atoms with Crippen molar-refractivity contribution in [3.63, 3.8) is 0 Å². The van der Waals surface area contributed by atoms with Gasteiger partial charge < -0.3 is 4.90 Å². The van der Waals surface area contributed by atoms with Crippen molar-refractivity contribution < 1.29 is 9.18 Å². The van der Waals surface area contributed by atoms with Crippen LogP contribution in [-0.2, 0) is 13.6 Å². The van der Waals surface area contributed by atoms with E-state index in [1.165, 1.54) is 17.0 Å². The Morgan fingerprint density at radius 3 is 2.79 bits per heavy atom. The zero-order valence-corrected chi connectivity index (χ0v) is 11.2. The molecule has 0 bridgehead atoms. The van der Waals surface area contributed by atoms with Crippen molar-refractivity contribution in [2.45, 2.75) is 13.5 Å². The van der Waals surface area contributed by atoms with Gasteiger partial charge in [-0.15, -0.1) is 0 Å². The highest BCUT2D eigenvalue weighted by atomic mass is 19.1. The second kappa shape index (κ2) is 5.22. The number of rotatable bonds is 3. The second-order valence-corrected chi connectivity index (χ2v) is 4.67. The summed E-state index contributed by atoms with van der Waals surface area (Å²) in [4.78, 5) is 13.6. The van der Waals surface area contributed by atoms with Gasteiger partial charge in [0.1, 0.15) is 5.82 Å². The van der Waals surface area contributed by atoms with Crippen LogP contribution < -0.4 is 0 Å². The molecule has 2 rings (SSSR count). The van der Waals surface area contributed by atoms with E-state index < -0.39 is 5.82 Å². The summed E-state index contributed by atoms with van der Waals surface area (Å²) in [6.07, 6.45) is 3.52. The van der Waals surface area contributed by atoms with Gasteiger partial charge in [-0.2, -0.15) is 5.10 Å². The number of amides is 1. The number of aromatic nitrogens is 2. The smallest absolute Gasteiger partial charge is 0.256 e. The molecule has 0 saturated heterocycles. The van der Waals surface area contributed by atoms with Crippen molar-refractivity contribution in [1.29, 1.82) is 0 Å². The second-order valence-electron chi connectivity index (χ2n) is 4.67. The van der Waals surface area contributed by atoms with Crippen LogP contribution >= 0.6 is 0 Å². The molecule has 0 aliphatic heterocycles. The van der Waals surface area contributed by atoms with Crippen molar-refractivity contribution >= 4 is 5.91 Å². The third kappa shape index (κ3) is 2.99. The molecule has 5 heteroatoms. The van der Waals surface area contributed by atoms with Gasteiger partial charge in [0.15, 0.2) is 0 Å². The van der Waals surface area contributed by atoms with Crippen LogP contribution in [0.2, 0.25) is 0 Å². The van der Waals surface area contributed by atoms with Gasteiger partial charge in [0.05, 0.1) is 11.8 Å². The minimum absolute atomic E-state index is 0.0944. The van der Waals surface area contributed by atoms with Gasteiger partial charge in [-0.3, -0.25) is 9.48 Å². The number of halogens is 1. The van der Waals surface area contributed by atoms with E-state index in [0.29, 0.717) is 6.54 Å². The zero-order chi connectivity index (χ0) is 14.0. The molecule has 1 aromatic heterocycles. The SMILES string of the molecule is Cc1ccc(C(=O)N(C)Cc2cnn(C)c2)c(F)c1. The third-order valence-corrected chi connectivity index (χ3v) is 2.88. The van der Waals surface area contributed by atoms with Gasteiger partial charge in [-0.25, -0.2) is 4.39 Å². The number of aryl methyl sites for hydroxylation is 2. The minimum atomic E-state index is -0.483. The van der Waals surface area contributed by atoms with Crippen LogP contribution in [0.3, 0.4) is 0 Å². The average Bonchev–Trinajstić information content (AvgIpc) is 2.74. The molecule has 0 saturated carbocycles. The van der Waals surface area contributed by atoms with Crippen molar-refractivity contribution in [2.75, 3.05) is 7.05 Å². The van der Waals surface area contributed by atoms with E-state index in [0.717, 1.165) is 11.1 Å². The molecule has 0 radical (unpaired) electrons. The Hall–Kier alpha value is -2.17. The van der Waals surface area contributed by atoms with Crippen LogP contribution in [0.1, 0.15) is 21.5 Å². The molecule has 0 aliphatic rings. The Morgan fingerprint density at radius 2 is 2.21 bits per heavy atom. The lowest BCUT2D eigenvalue weighted by molar-refractivity contribution is 0.0780. The normalized spacial score (nSPS) is 10.5. The monoisotopic (exact) mass is 261 g/mol. The van der Waals surface area contributed by atoms with E-state index in [4.69, 9.17) is 0 Å². The van der Waals surface area contributed by atoms with E-state index in [2.05, 4.69) is 5.10 Å². The minimum Gasteiger partial charge on any atom is -0.337 e. The van der Waals surface area contributed by atoms with Crippen LogP contribution in [0.4, 0.5) is 4.39 Å². The Labute approximate surface area is 111 Å². The third-order valence-electron chi connectivity index (χ3n) is 2.88. The maximum Gasteiger partial charge on any atom is 0.256 e. The van der Waals surface area contributed by atoms with Crippen LogP contribution in [-0.4, -0.2) is 27.6 Å².